The van der Waals surface area contributed by atoms with Gasteiger partial charge in [-0.2, -0.15) is 0 Å². The van der Waals surface area contributed by atoms with Crippen molar-refractivity contribution in [1.29, 1.82) is 0 Å². The van der Waals surface area contributed by atoms with E-state index in [4.69, 9.17) is 9.47 Å². The molecule has 0 spiro atoms. The molecule has 0 aliphatic heterocycles. The first kappa shape index (κ1) is 19.7. The van der Waals surface area contributed by atoms with Gasteiger partial charge in [0.25, 0.3) is 5.69 Å². The van der Waals surface area contributed by atoms with Gasteiger partial charge in [0.1, 0.15) is 5.75 Å². The summed E-state index contributed by atoms with van der Waals surface area (Å²) in [6.45, 7) is 0. The number of para-hydroxylation sites is 1. The van der Waals surface area contributed by atoms with Gasteiger partial charge >= 0.3 is 6.09 Å². The number of carbonyl (C=O) groups excluding carboxylic acids is 1. The lowest BCUT2D eigenvalue weighted by molar-refractivity contribution is -0.386. The predicted octanol–water partition coefficient (Wildman–Crippen LogP) is 4.75. The summed E-state index contributed by atoms with van der Waals surface area (Å²) < 4.78 is 10.9. The number of ether oxygens (including phenoxy) is 2. The van der Waals surface area contributed by atoms with E-state index in [0.717, 1.165) is 25.7 Å². The lowest BCUT2D eigenvalue weighted by atomic mass is 9.96. The molecular weight excluding hydrogens is 360 g/mol. The largest absolute Gasteiger partial charge is 0.497 e. The van der Waals surface area contributed by atoms with Gasteiger partial charge in [-0.25, -0.2) is 4.79 Å². The Morgan fingerprint density at radius 2 is 1.79 bits per heavy atom. The molecule has 1 fully saturated rings. The summed E-state index contributed by atoms with van der Waals surface area (Å²) in [4.78, 5) is 23.6. The van der Waals surface area contributed by atoms with Gasteiger partial charge < -0.3 is 14.8 Å². The molecule has 1 amide bonds. The molecule has 1 aliphatic carbocycles. The van der Waals surface area contributed by atoms with Crippen LogP contribution in [0, 0.1) is 10.1 Å². The van der Waals surface area contributed by atoms with Crippen LogP contribution in [0.5, 0.6) is 5.75 Å². The molecule has 1 saturated carbocycles. The van der Waals surface area contributed by atoms with Crippen molar-refractivity contribution in [1.82, 2.24) is 5.32 Å². The van der Waals surface area contributed by atoms with Crippen molar-refractivity contribution < 1.29 is 19.2 Å². The van der Waals surface area contributed by atoms with Gasteiger partial charge in [0.15, 0.2) is 6.10 Å². The quantitative estimate of drug-likeness (QED) is 0.573. The second-order valence-electron chi connectivity index (χ2n) is 6.85. The van der Waals surface area contributed by atoms with Gasteiger partial charge in [0.2, 0.25) is 0 Å². The number of carbonyl (C=O) groups is 1. The van der Waals surface area contributed by atoms with Crippen LogP contribution in [0.4, 0.5) is 10.5 Å². The van der Waals surface area contributed by atoms with Gasteiger partial charge in [0, 0.05) is 12.1 Å². The molecular formula is C21H24N2O5. The number of benzene rings is 2. The van der Waals surface area contributed by atoms with Gasteiger partial charge in [0.05, 0.1) is 17.6 Å². The van der Waals surface area contributed by atoms with E-state index in [-0.39, 0.29) is 11.7 Å². The summed E-state index contributed by atoms with van der Waals surface area (Å²) in [5.74, 6) is 0.650. The summed E-state index contributed by atoms with van der Waals surface area (Å²) in [6.07, 6.45) is 3.73. The van der Waals surface area contributed by atoms with Crippen molar-refractivity contribution in [3.63, 3.8) is 0 Å². The van der Waals surface area contributed by atoms with Crippen LogP contribution < -0.4 is 10.1 Å². The van der Waals surface area contributed by atoms with Crippen LogP contribution in [0.3, 0.4) is 0 Å². The zero-order valence-electron chi connectivity index (χ0n) is 15.8. The van der Waals surface area contributed by atoms with E-state index in [2.05, 4.69) is 5.32 Å². The average Bonchev–Trinajstić information content (AvgIpc) is 2.73. The van der Waals surface area contributed by atoms with Crippen LogP contribution in [0.15, 0.2) is 48.5 Å². The number of methoxy groups -OCH3 is 1. The van der Waals surface area contributed by atoms with Crippen molar-refractivity contribution >= 4 is 11.8 Å². The van der Waals surface area contributed by atoms with Crippen molar-refractivity contribution in [3.8, 4) is 5.75 Å². The molecule has 7 nitrogen and oxygen atoms in total. The Kier molecular flexibility index (Phi) is 6.47. The van der Waals surface area contributed by atoms with Gasteiger partial charge in [-0.3, -0.25) is 10.1 Å². The van der Waals surface area contributed by atoms with E-state index in [0.29, 0.717) is 16.9 Å². The average molecular weight is 384 g/mol. The molecule has 28 heavy (non-hydrogen) atoms. The number of alkyl carbamates (subject to hydrolysis) is 1. The molecule has 2 aromatic rings. The molecule has 2 aromatic carbocycles. The molecule has 0 radical (unpaired) electrons. The van der Waals surface area contributed by atoms with Crippen molar-refractivity contribution in [2.24, 2.45) is 0 Å². The normalized spacial score (nSPS) is 15.5. The van der Waals surface area contributed by atoms with E-state index in [1.165, 1.54) is 12.5 Å². The SMILES string of the molecule is COc1ccc(C(OC(=O)NC2CCCCC2)c2ccccc2[N+](=O)[O-])cc1. The molecule has 0 saturated heterocycles. The minimum atomic E-state index is -0.893. The number of hydrogen-bond donors (Lipinski definition) is 1. The Morgan fingerprint density at radius 1 is 1.11 bits per heavy atom. The topological polar surface area (TPSA) is 90.7 Å². The number of nitrogens with one attached hydrogen (secondary N) is 1. The van der Waals surface area contributed by atoms with Crippen molar-refractivity contribution in [2.75, 3.05) is 7.11 Å². The van der Waals surface area contributed by atoms with Crippen LogP contribution >= 0.6 is 0 Å². The number of nitrogens with zero attached hydrogens (tertiary/aromatic N) is 1. The van der Waals surface area contributed by atoms with Gasteiger partial charge in [-0.05, 0) is 36.6 Å². The maximum absolute atomic E-state index is 12.5. The summed E-state index contributed by atoms with van der Waals surface area (Å²) in [7, 11) is 1.56. The Balaban J connectivity index is 1.88. The summed E-state index contributed by atoms with van der Waals surface area (Å²) in [6, 6.07) is 13.4. The standard InChI is InChI=1S/C21H24N2O5/c1-27-17-13-11-15(12-14-17)20(18-9-5-6-10-19(18)23(25)26)28-21(24)22-16-7-3-2-4-8-16/h5-6,9-14,16,20H,2-4,7-8H2,1H3,(H,22,24). The third kappa shape index (κ3) is 4.79. The first-order chi connectivity index (χ1) is 13.6. The summed E-state index contributed by atoms with van der Waals surface area (Å²) in [5.41, 5.74) is 0.874. The van der Waals surface area contributed by atoms with E-state index in [1.807, 2.05) is 0 Å². The number of nitro benzene ring substituents is 1. The highest BCUT2D eigenvalue weighted by Gasteiger charge is 2.28. The maximum atomic E-state index is 12.5. The second-order valence-corrected chi connectivity index (χ2v) is 6.85. The smallest absolute Gasteiger partial charge is 0.408 e. The Labute approximate surface area is 163 Å². The van der Waals surface area contributed by atoms with Gasteiger partial charge in [-0.15, -0.1) is 0 Å². The molecule has 0 aromatic heterocycles. The van der Waals surface area contributed by atoms with Crippen LogP contribution in [-0.4, -0.2) is 24.2 Å². The monoisotopic (exact) mass is 384 g/mol. The highest BCUT2D eigenvalue weighted by Crippen LogP contribution is 2.33. The van der Waals surface area contributed by atoms with Crippen molar-refractivity contribution in [3.05, 3.63) is 69.8 Å². The van der Waals surface area contributed by atoms with Crippen LogP contribution in [0.1, 0.15) is 49.3 Å². The highest BCUT2D eigenvalue weighted by molar-refractivity contribution is 5.69. The van der Waals surface area contributed by atoms with E-state index >= 15 is 0 Å². The molecule has 3 rings (SSSR count). The fraction of sp³-hybridized carbons (Fsp3) is 0.381. The Bertz CT molecular complexity index is 816. The first-order valence-electron chi connectivity index (χ1n) is 9.43. The molecule has 1 aliphatic rings. The minimum Gasteiger partial charge on any atom is -0.497 e. The Morgan fingerprint density at radius 3 is 2.43 bits per heavy atom. The molecule has 1 unspecified atom stereocenters. The lowest BCUT2D eigenvalue weighted by Crippen LogP contribution is -2.37. The van der Waals surface area contributed by atoms with E-state index < -0.39 is 17.1 Å². The number of amides is 1. The third-order valence-electron chi connectivity index (χ3n) is 4.99. The highest BCUT2D eigenvalue weighted by atomic mass is 16.6. The summed E-state index contributed by atoms with van der Waals surface area (Å²) in [5, 5.41) is 14.4. The molecule has 0 bridgehead atoms. The molecule has 7 heteroatoms. The molecule has 1 atom stereocenters. The fourth-order valence-electron chi connectivity index (χ4n) is 3.52. The number of rotatable bonds is 6. The third-order valence-corrected chi connectivity index (χ3v) is 4.99. The zero-order chi connectivity index (χ0) is 19.9. The molecule has 148 valence electrons. The number of nitro groups is 1. The van der Waals surface area contributed by atoms with E-state index in [9.17, 15) is 14.9 Å². The van der Waals surface area contributed by atoms with Crippen molar-refractivity contribution in [2.45, 2.75) is 44.2 Å². The zero-order valence-corrected chi connectivity index (χ0v) is 15.8. The van der Waals surface area contributed by atoms with Crippen LogP contribution in [0.25, 0.3) is 0 Å². The minimum absolute atomic E-state index is 0.0866. The first-order valence-corrected chi connectivity index (χ1v) is 9.43. The number of hydrogen-bond acceptors (Lipinski definition) is 5. The second kappa shape index (κ2) is 9.21. The van der Waals surface area contributed by atoms with E-state index in [1.54, 1.807) is 49.6 Å². The van der Waals surface area contributed by atoms with Crippen LogP contribution in [-0.2, 0) is 4.74 Å². The molecule has 1 N–H and O–H groups in total. The predicted molar refractivity (Wildman–Crippen MR) is 104 cm³/mol. The summed E-state index contributed by atoms with van der Waals surface area (Å²) >= 11 is 0. The fourth-order valence-corrected chi connectivity index (χ4v) is 3.52. The molecule has 0 heterocycles. The Hall–Kier alpha value is -3.09. The van der Waals surface area contributed by atoms with Gasteiger partial charge in [-0.1, -0.05) is 43.5 Å². The maximum Gasteiger partial charge on any atom is 0.408 e. The lowest BCUT2D eigenvalue weighted by Gasteiger charge is -2.25. The van der Waals surface area contributed by atoms with Crippen LogP contribution in [0.2, 0.25) is 0 Å².